The van der Waals surface area contributed by atoms with E-state index in [1.807, 2.05) is 18.2 Å². The number of hydrogen-bond donors (Lipinski definition) is 0. The molecule has 0 aliphatic carbocycles. The number of allylic oxidation sites excluding steroid dienone is 7. The lowest BCUT2D eigenvalue weighted by Gasteiger charge is -2.23. The average molecular weight is 617 g/mol. The first kappa shape index (κ1) is 35.2. The maximum atomic E-state index is 4.58. The van der Waals surface area contributed by atoms with Crippen LogP contribution in [0.15, 0.2) is 122 Å². The van der Waals surface area contributed by atoms with Crippen molar-refractivity contribution < 1.29 is 0 Å². The smallest absolute Gasteiger partial charge is 0.00204 e. The summed E-state index contributed by atoms with van der Waals surface area (Å²) in [6, 6.07) is 24.3. The van der Waals surface area contributed by atoms with Gasteiger partial charge in [-0.25, -0.2) is 0 Å². The highest BCUT2D eigenvalue weighted by molar-refractivity contribution is 6.12. The third-order valence-electron chi connectivity index (χ3n) is 9.49. The molecule has 4 aromatic rings. The molecule has 0 radical (unpaired) electrons. The second kappa shape index (κ2) is 16.2. The van der Waals surface area contributed by atoms with Crippen LogP contribution < -0.4 is 0 Å². The van der Waals surface area contributed by atoms with Gasteiger partial charge < -0.3 is 0 Å². The summed E-state index contributed by atoms with van der Waals surface area (Å²) in [5.41, 5.74) is 15.3. The number of benzene rings is 4. The fourth-order valence-corrected chi connectivity index (χ4v) is 6.67. The van der Waals surface area contributed by atoms with Gasteiger partial charge in [0.1, 0.15) is 0 Å². The van der Waals surface area contributed by atoms with Crippen LogP contribution >= 0.6 is 0 Å². The number of hydrogen-bond acceptors (Lipinski definition) is 0. The van der Waals surface area contributed by atoms with Crippen molar-refractivity contribution in [2.45, 2.75) is 67.2 Å². The highest BCUT2D eigenvalue weighted by atomic mass is 14.3. The third kappa shape index (κ3) is 7.34. The Morgan fingerprint density at radius 3 is 1.96 bits per heavy atom. The van der Waals surface area contributed by atoms with Crippen molar-refractivity contribution in [3.05, 3.63) is 150 Å². The van der Waals surface area contributed by atoms with Crippen LogP contribution in [-0.2, 0) is 0 Å². The van der Waals surface area contributed by atoms with E-state index in [0.717, 1.165) is 46.2 Å². The molecule has 0 bridgehead atoms. The van der Waals surface area contributed by atoms with Crippen molar-refractivity contribution >= 4 is 40.1 Å². The minimum atomic E-state index is 0.395. The first-order chi connectivity index (χ1) is 22.8. The zero-order valence-electron chi connectivity index (χ0n) is 29.5. The molecule has 0 heterocycles. The molecule has 4 rings (SSSR count). The van der Waals surface area contributed by atoms with Crippen molar-refractivity contribution in [1.82, 2.24) is 0 Å². The van der Waals surface area contributed by atoms with Crippen LogP contribution in [0.2, 0.25) is 0 Å². The molecule has 0 amide bonds. The van der Waals surface area contributed by atoms with Crippen LogP contribution in [-0.4, -0.2) is 0 Å². The Morgan fingerprint density at radius 1 is 0.766 bits per heavy atom. The van der Waals surface area contributed by atoms with E-state index >= 15 is 0 Å². The molecule has 47 heavy (non-hydrogen) atoms. The van der Waals surface area contributed by atoms with E-state index in [-0.39, 0.29) is 0 Å². The number of unbranched alkanes of at least 4 members (excludes halogenated alkanes) is 1. The lowest BCUT2D eigenvalue weighted by molar-refractivity contribution is 0.611. The van der Waals surface area contributed by atoms with E-state index in [0.29, 0.717) is 5.92 Å². The van der Waals surface area contributed by atoms with Crippen LogP contribution in [0.1, 0.15) is 95.0 Å². The summed E-state index contributed by atoms with van der Waals surface area (Å²) >= 11 is 0. The molecular weight excluding hydrogens is 565 g/mol. The van der Waals surface area contributed by atoms with Crippen molar-refractivity contribution in [2.75, 3.05) is 0 Å². The maximum absolute atomic E-state index is 4.58. The Labute approximate surface area is 285 Å². The van der Waals surface area contributed by atoms with Gasteiger partial charge in [0.15, 0.2) is 0 Å². The molecule has 0 N–H and O–H groups in total. The van der Waals surface area contributed by atoms with Crippen LogP contribution in [0.5, 0.6) is 0 Å². The zero-order valence-corrected chi connectivity index (χ0v) is 29.5. The third-order valence-corrected chi connectivity index (χ3v) is 9.49. The second-order valence-corrected chi connectivity index (χ2v) is 12.6. The van der Waals surface area contributed by atoms with Crippen LogP contribution in [0.25, 0.3) is 62.4 Å². The molecular formula is C47H52. The van der Waals surface area contributed by atoms with E-state index in [4.69, 9.17) is 0 Å². The fraction of sp³-hybridized carbons (Fsp3) is 0.234. The Hall–Kier alpha value is -4.68. The molecule has 0 aliphatic rings. The van der Waals surface area contributed by atoms with Gasteiger partial charge in [0, 0.05) is 0 Å². The van der Waals surface area contributed by atoms with Crippen LogP contribution in [0.3, 0.4) is 0 Å². The Morgan fingerprint density at radius 2 is 1.38 bits per heavy atom. The van der Waals surface area contributed by atoms with Gasteiger partial charge in [0.2, 0.25) is 0 Å². The van der Waals surface area contributed by atoms with Gasteiger partial charge in [-0.3, -0.25) is 0 Å². The van der Waals surface area contributed by atoms with Gasteiger partial charge in [-0.15, -0.1) is 0 Å². The average Bonchev–Trinajstić information content (AvgIpc) is 3.10. The van der Waals surface area contributed by atoms with Gasteiger partial charge in [-0.05, 0) is 117 Å². The van der Waals surface area contributed by atoms with Gasteiger partial charge in [0.05, 0.1) is 0 Å². The lowest BCUT2D eigenvalue weighted by atomic mass is 9.80. The van der Waals surface area contributed by atoms with Crippen molar-refractivity contribution in [1.29, 1.82) is 0 Å². The first-order valence-electron chi connectivity index (χ1n) is 17.2. The summed E-state index contributed by atoms with van der Waals surface area (Å²) in [7, 11) is 0. The van der Waals surface area contributed by atoms with E-state index < -0.39 is 0 Å². The number of fused-ring (bicyclic) bond motifs is 1. The maximum Gasteiger partial charge on any atom is -0.00204 e. The second-order valence-electron chi connectivity index (χ2n) is 12.6. The molecule has 240 valence electrons. The minimum absolute atomic E-state index is 0.395. The highest BCUT2D eigenvalue weighted by Gasteiger charge is 2.22. The summed E-state index contributed by atoms with van der Waals surface area (Å²) in [4.78, 5) is 0. The van der Waals surface area contributed by atoms with Crippen molar-refractivity contribution in [2.24, 2.45) is 5.92 Å². The zero-order chi connectivity index (χ0) is 34.1. The molecule has 0 aromatic heterocycles. The summed E-state index contributed by atoms with van der Waals surface area (Å²) < 4.78 is 0. The predicted molar refractivity (Wildman–Crippen MR) is 214 cm³/mol. The molecule has 0 saturated heterocycles. The molecule has 4 aromatic carbocycles. The van der Waals surface area contributed by atoms with Crippen LogP contribution in [0.4, 0.5) is 0 Å². The molecule has 0 fully saturated rings. The standard InChI is InChI=1S/C47H52/c1-11-17-22-33(8)35(10)41-25-20-26-42(38(41)14-4)47-40(16-6)39(15-5)46(43-23-18-19-24-44(43)47)37-29-27-36(28-30-37)45(31-32(7)13-3)34(9)21-12-2/h12,14-16,18-21,23-31,33H,4-6,10-11,13,17,22H2,1-3,7-9H3/b21-12-,32-31+,45-34+. The van der Waals surface area contributed by atoms with E-state index in [2.05, 4.69) is 153 Å². The molecule has 1 atom stereocenters. The molecule has 0 heteroatoms. The van der Waals surface area contributed by atoms with E-state index in [1.54, 1.807) is 0 Å². The largest absolute Gasteiger partial charge is 0.0984 e. The Bertz CT molecular complexity index is 1880. The number of rotatable bonds is 14. The quantitative estimate of drug-likeness (QED) is 0.124. The van der Waals surface area contributed by atoms with Crippen molar-refractivity contribution in [3.63, 3.8) is 0 Å². The summed E-state index contributed by atoms with van der Waals surface area (Å²) in [5, 5.41) is 2.37. The molecule has 0 nitrogen and oxygen atoms in total. The van der Waals surface area contributed by atoms with E-state index in [1.165, 1.54) is 62.6 Å². The normalized spacial score (nSPS) is 13.0. The topological polar surface area (TPSA) is 0 Å². The lowest BCUT2D eigenvalue weighted by Crippen LogP contribution is -2.02. The Kier molecular flexibility index (Phi) is 12.2. The monoisotopic (exact) mass is 616 g/mol. The van der Waals surface area contributed by atoms with Gasteiger partial charge >= 0.3 is 0 Å². The molecule has 0 aliphatic heterocycles. The SMILES string of the molecule is C=Cc1c(C(=C)C(C)CCCC)cccc1-c1c(C=C)c(C=C)c(-c2ccc(C(/C=C(\C)CC)=C(C)/C=C\C)cc2)c2ccccc12. The van der Waals surface area contributed by atoms with Gasteiger partial charge in [-0.1, -0.05) is 169 Å². The van der Waals surface area contributed by atoms with E-state index in [9.17, 15) is 0 Å². The summed E-state index contributed by atoms with van der Waals surface area (Å²) in [6.45, 7) is 30.8. The van der Waals surface area contributed by atoms with Gasteiger partial charge in [0.25, 0.3) is 0 Å². The molecule has 0 spiro atoms. The highest BCUT2D eigenvalue weighted by Crippen LogP contribution is 2.45. The summed E-state index contributed by atoms with van der Waals surface area (Å²) in [6.07, 6.45) is 17.1. The first-order valence-corrected chi connectivity index (χ1v) is 17.2. The van der Waals surface area contributed by atoms with Crippen LogP contribution in [0, 0.1) is 5.92 Å². The van der Waals surface area contributed by atoms with Gasteiger partial charge in [-0.2, -0.15) is 0 Å². The fourth-order valence-electron chi connectivity index (χ4n) is 6.67. The Balaban J connectivity index is 2.00. The molecule has 0 saturated carbocycles. The molecule has 1 unspecified atom stereocenters. The summed E-state index contributed by atoms with van der Waals surface area (Å²) in [5.74, 6) is 0.395. The minimum Gasteiger partial charge on any atom is -0.0984 e. The predicted octanol–water partition coefficient (Wildman–Crippen LogP) is 14.6. The van der Waals surface area contributed by atoms with Crippen molar-refractivity contribution in [3.8, 4) is 22.3 Å².